The Bertz CT molecular complexity index is 1110. The molecule has 168 valence electrons. The fourth-order valence-corrected chi connectivity index (χ4v) is 5.28. The van der Waals surface area contributed by atoms with Gasteiger partial charge in [-0.25, -0.2) is 0 Å². The fraction of sp³-hybridized carbons (Fsp3) is 0.0323. The van der Waals surface area contributed by atoms with E-state index in [0.29, 0.717) is 6.54 Å². The maximum atomic E-state index is 5.46. The van der Waals surface area contributed by atoms with Crippen molar-refractivity contribution in [2.45, 2.75) is 6.54 Å². The van der Waals surface area contributed by atoms with Gasteiger partial charge in [-0.1, -0.05) is 140 Å². The number of rotatable bonds is 5. The fourth-order valence-electron chi connectivity index (χ4n) is 4.88. The van der Waals surface area contributed by atoms with Crippen molar-refractivity contribution in [1.29, 1.82) is 0 Å². The topological polar surface area (TPSA) is 26.0 Å². The van der Waals surface area contributed by atoms with Crippen LogP contribution in [0.5, 0.6) is 0 Å². The molecular formula is C31H31BNP. The summed E-state index contributed by atoms with van der Waals surface area (Å²) in [4.78, 5) is 0. The molecule has 0 saturated carbocycles. The summed E-state index contributed by atoms with van der Waals surface area (Å²) in [6.45, 7) is 0.652. The van der Waals surface area contributed by atoms with Gasteiger partial charge in [0, 0.05) is 21.3 Å². The summed E-state index contributed by atoms with van der Waals surface area (Å²) in [6.07, 6.45) is -1.22. The molecule has 0 aliphatic carbocycles. The second-order valence-electron chi connectivity index (χ2n) is 8.48. The van der Waals surface area contributed by atoms with Gasteiger partial charge in [0.2, 0.25) is 0 Å². The minimum atomic E-state index is -1.22. The SMILES string of the molecule is NCc1ccccc1[PH3+].c1ccc([B-](c2ccccc2)(c2ccccc2)c2ccccc2)cc1. The van der Waals surface area contributed by atoms with Gasteiger partial charge in [-0.2, -0.15) is 21.9 Å². The number of nitrogens with two attached hydrogens (primary N) is 1. The van der Waals surface area contributed by atoms with Gasteiger partial charge in [-0.3, -0.25) is 0 Å². The normalized spacial score (nSPS) is 10.9. The van der Waals surface area contributed by atoms with Crippen LogP contribution in [-0.2, 0) is 6.54 Å². The Labute approximate surface area is 205 Å². The van der Waals surface area contributed by atoms with Crippen molar-refractivity contribution >= 4 is 42.5 Å². The molecule has 0 aromatic heterocycles. The van der Waals surface area contributed by atoms with E-state index in [-0.39, 0.29) is 0 Å². The van der Waals surface area contributed by atoms with Crippen LogP contribution >= 0.6 is 9.24 Å². The van der Waals surface area contributed by atoms with E-state index >= 15 is 0 Å². The van der Waals surface area contributed by atoms with E-state index in [1.165, 1.54) is 32.7 Å². The molecule has 5 aromatic rings. The van der Waals surface area contributed by atoms with E-state index in [4.69, 9.17) is 5.73 Å². The van der Waals surface area contributed by atoms with Crippen molar-refractivity contribution < 1.29 is 0 Å². The van der Waals surface area contributed by atoms with E-state index in [0.717, 1.165) is 0 Å². The van der Waals surface area contributed by atoms with Gasteiger partial charge in [0.05, 0.1) is 5.30 Å². The van der Waals surface area contributed by atoms with Crippen LogP contribution in [0.4, 0.5) is 0 Å². The van der Waals surface area contributed by atoms with E-state index < -0.39 is 6.15 Å². The van der Waals surface area contributed by atoms with Gasteiger partial charge in [0.25, 0.3) is 0 Å². The van der Waals surface area contributed by atoms with E-state index in [1.54, 1.807) is 0 Å². The van der Waals surface area contributed by atoms with Crippen molar-refractivity contribution in [2.75, 3.05) is 0 Å². The van der Waals surface area contributed by atoms with Crippen molar-refractivity contribution in [3.8, 4) is 0 Å². The van der Waals surface area contributed by atoms with Crippen LogP contribution < -0.4 is 32.9 Å². The van der Waals surface area contributed by atoms with Crippen molar-refractivity contribution in [1.82, 2.24) is 0 Å². The molecule has 3 heteroatoms. The van der Waals surface area contributed by atoms with Crippen LogP contribution in [0.3, 0.4) is 0 Å². The summed E-state index contributed by atoms with van der Waals surface area (Å²) in [5.74, 6) is 0. The summed E-state index contributed by atoms with van der Waals surface area (Å²) in [5.41, 5.74) is 12.1. The highest BCUT2D eigenvalue weighted by Gasteiger charge is 2.30. The van der Waals surface area contributed by atoms with Crippen molar-refractivity contribution in [2.24, 2.45) is 5.73 Å². The summed E-state index contributed by atoms with van der Waals surface area (Å²) in [5, 5.41) is 1.31. The Balaban J connectivity index is 0.000000257. The third-order valence-corrected chi connectivity index (χ3v) is 7.23. The second kappa shape index (κ2) is 11.6. The number of hydrogen-bond acceptors (Lipinski definition) is 1. The number of hydrogen-bond donors (Lipinski definition) is 1. The van der Waals surface area contributed by atoms with Gasteiger partial charge in [0.15, 0.2) is 0 Å². The highest BCUT2D eigenvalue weighted by Crippen LogP contribution is 2.09. The highest BCUT2D eigenvalue weighted by molar-refractivity contribution is 7.27. The lowest BCUT2D eigenvalue weighted by Gasteiger charge is -2.44. The molecule has 0 fully saturated rings. The van der Waals surface area contributed by atoms with E-state index in [9.17, 15) is 0 Å². The molecule has 1 unspecified atom stereocenters. The molecule has 0 saturated heterocycles. The molecule has 5 aromatic carbocycles. The molecule has 5 rings (SSSR count). The zero-order valence-electron chi connectivity index (χ0n) is 19.4. The van der Waals surface area contributed by atoms with Gasteiger partial charge >= 0.3 is 0 Å². The molecular weight excluding hydrogens is 428 g/mol. The third-order valence-electron chi connectivity index (χ3n) is 6.54. The van der Waals surface area contributed by atoms with Gasteiger partial charge in [-0.15, -0.1) is 0 Å². The second-order valence-corrected chi connectivity index (χ2v) is 9.24. The molecule has 2 N–H and O–H groups in total. The first-order valence-corrected chi connectivity index (χ1v) is 12.4. The molecule has 0 aliphatic heterocycles. The van der Waals surface area contributed by atoms with Crippen molar-refractivity contribution in [3.05, 3.63) is 151 Å². The minimum Gasteiger partial charge on any atom is -0.326 e. The lowest BCUT2D eigenvalue weighted by Crippen LogP contribution is -2.74. The first-order chi connectivity index (χ1) is 16.8. The zero-order chi connectivity index (χ0) is 23.6. The average Bonchev–Trinajstić information content (AvgIpc) is 2.92. The summed E-state index contributed by atoms with van der Waals surface area (Å²) in [7, 11) is 1.88. The first-order valence-electron chi connectivity index (χ1n) is 11.7. The third kappa shape index (κ3) is 5.05. The van der Waals surface area contributed by atoms with Gasteiger partial charge in [0.1, 0.15) is 6.15 Å². The van der Waals surface area contributed by atoms with Gasteiger partial charge < -0.3 is 5.73 Å². The Morgan fingerprint density at radius 1 is 0.441 bits per heavy atom. The quantitative estimate of drug-likeness (QED) is 0.316. The van der Waals surface area contributed by atoms with Crippen LogP contribution in [0.25, 0.3) is 0 Å². The predicted molar refractivity (Wildman–Crippen MR) is 155 cm³/mol. The molecule has 1 atom stereocenters. The number of benzene rings is 5. The molecule has 0 amide bonds. The van der Waals surface area contributed by atoms with Crippen LogP contribution in [-0.4, -0.2) is 6.15 Å². The first kappa shape index (κ1) is 23.7. The molecule has 0 radical (unpaired) electrons. The zero-order valence-corrected chi connectivity index (χ0v) is 20.8. The molecule has 34 heavy (non-hydrogen) atoms. The molecule has 0 bridgehead atoms. The summed E-state index contributed by atoms with van der Waals surface area (Å²) in [6, 6.07) is 51.7. The van der Waals surface area contributed by atoms with Crippen molar-refractivity contribution in [3.63, 3.8) is 0 Å². The van der Waals surface area contributed by atoms with Gasteiger partial charge in [-0.05, 0) is 6.07 Å². The Morgan fingerprint density at radius 2 is 0.735 bits per heavy atom. The lowest BCUT2D eigenvalue weighted by atomic mass is 9.13. The standard InChI is InChI=1S/C24H20B.C7H10NP/c1-5-13-21(14-6-1)25(22-15-7-2-8-16-22,23-17-9-3-10-18-23)24-19-11-4-12-20-24;8-5-6-3-1-2-4-7(6)9/h1-20H;1-4H,5,8-9H2/q-1;/p+1. The maximum absolute atomic E-state index is 5.46. The summed E-state index contributed by atoms with van der Waals surface area (Å²) < 4.78 is 0. The van der Waals surface area contributed by atoms with Crippen LogP contribution in [0.15, 0.2) is 146 Å². The lowest BCUT2D eigenvalue weighted by molar-refractivity contribution is 1.08. The summed E-state index contributed by atoms with van der Waals surface area (Å²) >= 11 is 0. The Hall–Kier alpha value is -3.45. The molecule has 0 aliphatic rings. The molecule has 0 spiro atoms. The predicted octanol–water partition coefficient (Wildman–Crippen LogP) is 3.44. The van der Waals surface area contributed by atoms with Crippen LogP contribution in [0, 0.1) is 0 Å². The maximum Gasteiger partial charge on any atom is 0.108 e. The van der Waals surface area contributed by atoms with E-state index in [1.807, 2.05) is 21.4 Å². The van der Waals surface area contributed by atoms with Crippen LogP contribution in [0.2, 0.25) is 0 Å². The Morgan fingerprint density at radius 3 is 1.00 bits per heavy atom. The largest absolute Gasteiger partial charge is 0.326 e. The Kier molecular flexibility index (Phi) is 8.10. The molecule has 0 heterocycles. The average molecular weight is 459 g/mol. The van der Waals surface area contributed by atoms with Crippen LogP contribution in [0.1, 0.15) is 5.56 Å². The monoisotopic (exact) mass is 459 g/mol. The smallest absolute Gasteiger partial charge is 0.108 e. The highest BCUT2D eigenvalue weighted by atomic mass is 31.0. The van der Waals surface area contributed by atoms with E-state index in [2.05, 4.69) is 133 Å². The minimum absolute atomic E-state index is 0.652. The molecule has 1 nitrogen and oxygen atoms in total.